The van der Waals surface area contributed by atoms with Crippen LogP contribution in [-0.2, 0) is 14.1 Å². The van der Waals surface area contributed by atoms with Crippen molar-refractivity contribution in [1.29, 1.82) is 0 Å². The van der Waals surface area contributed by atoms with Crippen LogP contribution < -0.4 is 21.3 Å². The number of nitrogens with zero attached hydrogens (tertiary/aromatic N) is 2. The first-order chi connectivity index (χ1) is 13.5. The fourth-order valence-electron chi connectivity index (χ4n) is 3.19. The number of aryl methyl sites for hydroxylation is 1. The lowest BCUT2D eigenvalue weighted by atomic mass is 10.0. The lowest BCUT2D eigenvalue weighted by Crippen LogP contribution is -2.36. The Balaban J connectivity index is 2.04. The first kappa shape index (κ1) is 17.7. The molecule has 0 amide bonds. The zero-order valence-electron chi connectivity index (χ0n) is 15.7. The summed E-state index contributed by atoms with van der Waals surface area (Å²) in [4.78, 5) is 25.3. The largest absolute Gasteiger partial charge is 0.497 e. The van der Waals surface area contributed by atoms with E-state index in [1.54, 1.807) is 14.2 Å². The van der Waals surface area contributed by atoms with Crippen molar-refractivity contribution in [3.63, 3.8) is 0 Å². The van der Waals surface area contributed by atoms with Gasteiger partial charge in [0.15, 0.2) is 0 Å². The second kappa shape index (κ2) is 6.77. The van der Waals surface area contributed by atoms with Crippen LogP contribution in [0.1, 0.15) is 0 Å². The van der Waals surface area contributed by atoms with Gasteiger partial charge in [-0.1, -0.05) is 30.3 Å². The van der Waals surface area contributed by atoms with Crippen LogP contribution in [0.3, 0.4) is 0 Å². The maximum absolute atomic E-state index is 12.9. The van der Waals surface area contributed by atoms with Crippen molar-refractivity contribution in [3.05, 3.63) is 75.4 Å². The van der Waals surface area contributed by atoms with Crippen molar-refractivity contribution in [3.8, 4) is 16.9 Å². The fourth-order valence-corrected chi connectivity index (χ4v) is 3.19. The van der Waals surface area contributed by atoms with E-state index in [1.165, 1.54) is 11.6 Å². The maximum Gasteiger partial charge on any atom is 0.333 e. The summed E-state index contributed by atoms with van der Waals surface area (Å²) in [6.45, 7) is 0. The molecule has 7 nitrogen and oxygen atoms in total. The summed E-state index contributed by atoms with van der Waals surface area (Å²) in [7, 11) is 4.63. The minimum Gasteiger partial charge on any atom is -0.497 e. The highest BCUT2D eigenvalue weighted by molar-refractivity contribution is 5.99. The molecule has 0 spiro atoms. The Morgan fingerprint density at radius 3 is 2.25 bits per heavy atom. The smallest absolute Gasteiger partial charge is 0.333 e. The van der Waals surface area contributed by atoms with Crippen LogP contribution in [0.2, 0.25) is 0 Å². The molecule has 0 aliphatic heterocycles. The number of rotatable bonds is 4. The Morgan fingerprint density at radius 2 is 1.61 bits per heavy atom. The molecule has 4 aromatic rings. The van der Waals surface area contributed by atoms with E-state index in [1.807, 2.05) is 54.6 Å². The molecule has 2 aromatic heterocycles. The van der Waals surface area contributed by atoms with E-state index < -0.39 is 11.2 Å². The Labute approximate surface area is 160 Å². The fraction of sp³-hybridized carbons (Fsp3) is 0.143. The number of para-hydroxylation sites is 1. The normalized spacial score (nSPS) is 11.0. The van der Waals surface area contributed by atoms with Gasteiger partial charge >= 0.3 is 5.69 Å². The maximum atomic E-state index is 12.9. The van der Waals surface area contributed by atoms with E-state index in [2.05, 4.69) is 5.32 Å². The molecule has 28 heavy (non-hydrogen) atoms. The molecule has 0 atom stereocenters. The Hall–Kier alpha value is -3.74. The first-order valence-corrected chi connectivity index (χ1v) is 8.70. The first-order valence-electron chi connectivity index (χ1n) is 8.70. The third-order valence-electron chi connectivity index (χ3n) is 4.70. The van der Waals surface area contributed by atoms with Gasteiger partial charge in [0, 0.05) is 19.8 Å². The minimum absolute atomic E-state index is 0.220. The molecule has 7 heteroatoms. The molecule has 0 saturated carbocycles. The van der Waals surface area contributed by atoms with Crippen molar-refractivity contribution in [2.75, 3.05) is 12.4 Å². The summed E-state index contributed by atoms with van der Waals surface area (Å²) in [6, 6.07) is 16.8. The lowest BCUT2D eigenvalue weighted by Gasteiger charge is -2.07. The molecule has 4 rings (SSSR count). The van der Waals surface area contributed by atoms with E-state index in [9.17, 15) is 9.59 Å². The predicted molar refractivity (Wildman–Crippen MR) is 108 cm³/mol. The van der Waals surface area contributed by atoms with Gasteiger partial charge in [-0.2, -0.15) is 0 Å². The molecule has 0 unspecified atom stereocenters. The van der Waals surface area contributed by atoms with Crippen LogP contribution in [0.5, 0.6) is 5.75 Å². The third-order valence-corrected chi connectivity index (χ3v) is 4.70. The average molecular weight is 377 g/mol. The quantitative estimate of drug-likeness (QED) is 0.591. The highest BCUT2D eigenvalue weighted by Gasteiger charge is 2.23. The van der Waals surface area contributed by atoms with Crippen LogP contribution in [-0.4, -0.2) is 16.2 Å². The van der Waals surface area contributed by atoms with E-state index >= 15 is 0 Å². The Kier molecular flexibility index (Phi) is 4.27. The van der Waals surface area contributed by atoms with E-state index in [0.717, 1.165) is 15.8 Å². The number of methoxy groups -OCH3 is 1. The number of anilines is 2. The molecule has 0 bridgehead atoms. The monoisotopic (exact) mass is 377 g/mol. The van der Waals surface area contributed by atoms with Gasteiger partial charge in [-0.15, -0.1) is 0 Å². The summed E-state index contributed by atoms with van der Waals surface area (Å²) in [5.41, 5.74) is 1.54. The van der Waals surface area contributed by atoms with Crippen molar-refractivity contribution in [2.45, 2.75) is 0 Å². The molecule has 0 fully saturated rings. The van der Waals surface area contributed by atoms with Gasteiger partial charge < -0.3 is 14.5 Å². The predicted octanol–water partition coefficient (Wildman–Crippen LogP) is 3.25. The molecule has 1 N–H and O–H groups in total. The number of hydrogen-bond donors (Lipinski definition) is 1. The molecule has 2 heterocycles. The van der Waals surface area contributed by atoms with Crippen LogP contribution in [0, 0.1) is 0 Å². The highest BCUT2D eigenvalue weighted by Crippen LogP contribution is 2.38. The van der Waals surface area contributed by atoms with Crippen LogP contribution >= 0.6 is 0 Å². The second-order valence-corrected chi connectivity index (χ2v) is 6.41. The molecule has 2 aromatic carbocycles. The number of aromatic nitrogens is 2. The van der Waals surface area contributed by atoms with Crippen LogP contribution in [0.15, 0.2) is 68.6 Å². The average Bonchev–Trinajstić information content (AvgIpc) is 3.10. The standard InChI is InChI=1S/C21H19N3O4/c1-23-19(25)17-16(13-9-11-15(27-3)12-10-13)18(22-14-7-5-4-6-8-14)28-20(17)24(2)21(23)26/h4-12,22H,1-3H3. The van der Waals surface area contributed by atoms with Gasteiger partial charge in [-0.3, -0.25) is 13.9 Å². The van der Waals surface area contributed by atoms with Gasteiger partial charge in [-0.05, 0) is 29.8 Å². The zero-order valence-corrected chi connectivity index (χ0v) is 15.7. The SMILES string of the molecule is COc1ccc(-c2c(Nc3ccccc3)oc3c2c(=O)n(C)c(=O)n3C)cc1. The molecule has 0 radical (unpaired) electrons. The van der Waals surface area contributed by atoms with Crippen molar-refractivity contribution in [2.24, 2.45) is 14.1 Å². The number of ether oxygens (including phenoxy) is 1. The number of furan rings is 1. The molecule has 142 valence electrons. The lowest BCUT2D eigenvalue weighted by molar-refractivity contribution is 0.415. The van der Waals surface area contributed by atoms with Crippen molar-refractivity contribution in [1.82, 2.24) is 9.13 Å². The molecule has 0 aliphatic carbocycles. The Morgan fingerprint density at radius 1 is 0.929 bits per heavy atom. The second-order valence-electron chi connectivity index (χ2n) is 6.41. The summed E-state index contributed by atoms with van der Waals surface area (Å²) in [5.74, 6) is 1.10. The topological polar surface area (TPSA) is 78.4 Å². The minimum atomic E-state index is -0.446. The van der Waals surface area contributed by atoms with Gasteiger partial charge in [0.25, 0.3) is 5.56 Å². The Bertz CT molecular complexity index is 1270. The molecule has 0 saturated heterocycles. The van der Waals surface area contributed by atoms with Crippen LogP contribution in [0.25, 0.3) is 22.2 Å². The molecule has 0 aliphatic rings. The number of fused-ring (bicyclic) bond motifs is 1. The summed E-state index contributed by atoms with van der Waals surface area (Å²) < 4.78 is 13.6. The van der Waals surface area contributed by atoms with E-state index in [4.69, 9.17) is 9.15 Å². The molecular formula is C21H19N3O4. The van der Waals surface area contributed by atoms with E-state index in [-0.39, 0.29) is 5.71 Å². The molecular weight excluding hydrogens is 358 g/mol. The van der Waals surface area contributed by atoms with Gasteiger partial charge in [0.1, 0.15) is 11.1 Å². The summed E-state index contributed by atoms with van der Waals surface area (Å²) in [5, 5.41) is 3.56. The van der Waals surface area contributed by atoms with Gasteiger partial charge in [0.2, 0.25) is 11.6 Å². The van der Waals surface area contributed by atoms with Crippen LogP contribution in [0.4, 0.5) is 11.6 Å². The third kappa shape index (κ3) is 2.77. The zero-order chi connectivity index (χ0) is 19.8. The summed E-state index contributed by atoms with van der Waals surface area (Å²) >= 11 is 0. The van der Waals surface area contributed by atoms with Crippen molar-refractivity contribution < 1.29 is 9.15 Å². The van der Waals surface area contributed by atoms with Gasteiger partial charge in [-0.25, -0.2) is 4.79 Å². The number of nitrogens with one attached hydrogen (secondary N) is 1. The van der Waals surface area contributed by atoms with Crippen molar-refractivity contribution >= 4 is 22.7 Å². The van der Waals surface area contributed by atoms with E-state index in [0.29, 0.717) is 22.6 Å². The summed E-state index contributed by atoms with van der Waals surface area (Å²) in [6.07, 6.45) is 0. The highest BCUT2D eigenvalue weighted by atomic mass is 16.5. The number of hydrogen-bond acceptors (Lipinski definition) is 5. The number of benzene rings is 2. The van der Waals surface area contributed by atoms with Gasteiger partial charge in [0.05, 0.1) is 12.7 Å².